The Morgan fingerprint density at radius 2 is 2.45 bits per heavy atom. The third-order valence-corrected chi connectivity index (χ3v) is 1.91. The van der Waals surface area contributed by atoms with Crippen molar-refractivity contribution in [3.05, 3.63) is 28.1 Å². The topological polar surface area (TPSA) is 36.2 Å². The fourth-order valence-electron chi connectivity index (χ4n) is 0.715. The van der Waals surface area contributed by atoms with E-state index in [2.05, 4.69) is 15.9 Å². The van der Waals surface area contributed by atoms with Gasteiger partial charge in [0.15, 0.2) is 11.9 Å². The number of hydrogen-bond acceptors (Lipinski definition) is 2. The van der Waals surface area contributed by atoms with Crippen molar-refractivity contribution in [3.8, 4) is 5.75 Å². The van der Waals surface area contributed by atoms with Gasteiger partial charge in [-0.25, -0.2) is 0 Å². The van der Waals surface area contributed by atoms with Crippen LogP contribution in [-0.4, -0.2) is 6.61 Å². The van der Waals surface area contributed by atoms with Crippen LogP contribution >= 0.6 is 15.9 Å². The second-order valence-corrected chi connectivity index (χ2v) is 2.67. The van der Waals surface area contributed by atoms with Crippen LogP contribution in [0.1, 0.15) is 6.92 Å². The van der Waals surface area contributed by atoms with Crippen LogP contribution in [-0.2, 0) is 0 Å². The van der Waals surface area contributed by atoms with E-state index < -0.39 is 0 Å². The SMILES string of the molecule is CCOc1ccc[n+]([O-])c1Br. The highest BCUT2D eigenvalue weighted by atomic mass is 79.9. The lowest BCUT2D eigenvalue weighted by Gasteiger charge is -2.04. The van der Waals surface area contributed by atoms with Gasteiger partial charge in [-0.1, -0.05) is 0 Å². The number of hydrogen-bond donors (Lipinski definition) is 0. The average Bonchev–Trinajstić information content (AvgIpc) is 1.99. The third-order valence-electron chi connectivity index (χ3n) is 1.17. The molecule has 1 heterocycles. The molecule has 0 N–H and O–H groups in total. The summed E-state index contributed by atoms with van der Waals surface area (Å²) in [5.41, 5.74) is 0. The van der Waals surface area contributed by atoms with Gasteiger partial charge in [0.1, 0.15) is 0 Å². The molecule has 0 radical (unpaired) electrons. The fourth-order valence-corrected chi connectivity index (χ4v) is 1.08. The van der Waals surface area contributed by atoms with Crippen molar-refractivity contribution in [2.24, 2.45) is 0 Å². The second-order valence-electron chi connectivity index (χ2n) is 1.92. The van der Waals surface area contributed by atoms with Gasteiger partial charge in [0, 0.05) is 22.0 Å². The van der Waals surface area contributed by atoms with Crippen LogP contribution < -0.4 is 9.47 Å². The van der Waals surface area contributed by atoms with Crippen molar-refractivity contribution in [1.29, 1.82) is 0 Å². The van der Waals surface area contributed by atoms with Gasteiger partial charge in [-0.15, -0.1) is 0 Å². The quantitative estimate of drug-likeness (QED) is 0.428. The Balaban J connectivity index is 2.96. The van der Waals surface area contributed by atoms with E-state index in [0.29, 0.717) is 21.7 Å². The Bertz CT molecular complexity index is 252. The van der Waals surface area contributed by atoms with Crippen molar-refractivity contribution in [3.63, 3.8) is 0 Å². The summed E-state index contributed by atoms with van der Waals surface area (Å²) in [5, 5.41) is 10.9. The molecule has 0 saturated carbocycles. The van der Waals surface area contributed by atoms with Crippen molar-refractivity contribution in [2.45, 2.75) is 6.92 Å². The van der Waals surface area contributed by atoms with Gasteiger partial charge in [0.05, 0.1) is 6.61 Å². The Morgan fingerprint density at radius 3 is 3.09 bits per heavy atom. The lowest BCUT2D eigenvalue weighted by Crippen LogP contribution is -2.27. The summed E-state index contributed by atoms with van der Waals surface area (Å²) in [6, 6.07) is 3.38. The van der Waals surface area contributed by atoms with Crippen molar-refractivity contribution >= 4 is 15.9 Å². The van der Waals surface area contributed by atoms with Crippen LogP contribution in [0.15, 0.2) is 22.9 Å². The van der Waals surface area contributed by atoms with E-state index in [1.807, 2.05) is 6.92 Å². The number of halogens is 1. The lowest BCUT2D eigenvalue weighted by molar-refractivity contribution is -0.617. The van der Waals surface area contributed by atoms with Gasteiger partial charge >= 0.3 is 4.60 Å². The first-order chi connectivity index (χ1) is 5.25. The van der Waals surface area contributed by atoms with Gasteiger partial charge in [-0.2, -0.15) is 4.73 Å². The molecule has 0 unspecified atom stereocenters. The van der Waals surface area contributed by atoms with Gasteiger partial charge in [0.2, 0.25) is 0 Å². The molecule has 0 saturated heterocycles. The summed E-state index contributed by atoms with van der Waals surface area (Å²) in [5.74, 6) is 0.574. The summed E-state index contributed by atoms with van der Waals surface area (Å²) >= 11 is 3.11. The van der Waals surface area contributed by atoms with Crippen molar-refractivity contribution in [1.82, 2.24) is 0 Å². The van der Waals surface area contributed by atoms with Crippen LogP contribution in [0.4, 0.5) is 0 Å². The van der Waals surface area contributed by atoms with Gasteiger partial charge < -0.3 is 9.94 Å². The fraction of sp³-hybridized carbons (Fsp3) is 0.286. The largest absolute Gasteiger partial charge is 0.618 e. The van der Waals surface area contributed by atoms with Gasteiger partial charge in [-0.3, -0.25) is 0 Å². The van der Waals surface area contributed by atoms with E-state index in [1.165, 1.54) is 6.20 Å². The maximum atomic E-state index is 10.9. The first-order valence-corrected chi connectivity index (χ1v) is 4.05. The van der Waals surface area contributed by atoms with Gasteiger partial charge in [-0.05, 0) is 13.0 Å². The molecular weight excluding hydrogens is 210 g/mol. The minimum absolute atomic E-state index is 0.418. The molecule has 0 spiro atoms. The monoisotopic (exact) mass is 217 g/mol. The summed E-state index contributed by atoms with van der Waals surface area (Å²) in [7, 11) is 0. The zero-order chi connectivity index (χ0) is 8.27. The highest BCUT2D eigenvalue weighted by molar-refractivity contribution is 9.10. The summed E-state index contributed by atoms with van der Waals surface area (Å²) < 4.78 is 6.28. The Morgan fingerprint density at radius 1 is 1.73 bits per heavy atom. The molecular formula is C7H8BrNO2. The maximum absolute atomic E-state index is 10.9. The van der Waals surface area contributed by atoms with E-state index >= 15 is 0 Å². The van der Waals surface area contributed by atoms with Crippen LogP contribution in [0.3, 0.4) is 0 Å². The van der Waals surface area contributed by atoms with Crippen LogP contribution in [0.5, 0.6) is 5.75 Å². The number of pyridine rings is 1. The minimum atomic E-state index is 0.418. The zero-order valence-electron chi connectivity index (χ0n) is 6.08. The molecule has 0 aliphatic rings. The number of nitrogens with zero attached hydrogens (tertiary/aromatic N) is 1. The Labute approximate surface area is 73.3 Å². The molecule has 0 aliphatic carbocycles. The minimum Gasteiger partial charge on any atom is -0.618 e. The summed E-state index contributed by atoms with van der Waals surface area (Å²) in [6.07, 6.45) is 1.41. The second kappa shape index (κ2) is 3.57. The molecule has 0 fully saturated rings. The highest BCUT2D eigenvalue weighted by Gasteiger charge is 2.07. The predicted molar refractivity (Wildman–Crippen MR) is 44.3 cm³/mol. The van der Waals surface area contributed by atoms with Crippen LogP contribution in [0, 0.1) is 5.21 Å². The first-order valence-electron chi connectivity index (χ1n) is 3.26. The first kappa shape index (κ1) is 8.33. The molecule has 60 valence electrons. The molecule has 4 heteroatoms. The molecule has 0 atom stereocenters. The average molecular weight is 218 g/mol. The predicted octanol–water partition coefficient (Wildman–Crippen LogP) is 1.48. The number of ether oxygens (including phenoxy) is 1. The molecule has 1 aromatic heterocycles. The number of aromatic nitrogens is 1. The van der Waals surface area contributed by atoms with Crippen LogP contribution in [0.2, 0.25) is 0 Å². The van der Waals surface area contributed by atoms with E-state index in [4.69, 9.17) is 4.74 Å². The third kappa shape index (κ3) is 1.83. The molecule has 0 aromatic carbocycles. The summed E-state index contributed by atoms with van der Waals surface area (Å²) in [4.78, 5) is 0. The molecule has 11 heavy (non-hydrogen) atoms. The standard InChI is InChI=1S/C7H8BrNO2/c1-2-11-6-4-3-5-9(10)7(6)8/h3-5H,2H2,1H3. The molecule has 0 aliphatic heterocycles. The molecule has 3 nitrogen and oxygen atoms in total. The van der Waals surface area contributed by atoms with E-state index in [9.17, 15) is 5.21 Å². The van der Waals surface area contributed by atoms with Crippen molar-refractivity contribution in [2.75, 3.05) is 6.61 Å². The Hall–Kier alpha value is -0.770. The molecule has 0 bridgehead atoms. The number of rotatable bonds is 2. The van der Waals surface area contributed by atoms with E-state index in [-0.39, 0.29) is 0 Å². The smallest absolute Gasteiger partial charge is 0.301 e. The molecule has 1 aromatic rings. The normalized spacial score (nSPS) is 9.64. The van der Waals surface area contributed by atoms with E-state index in [0.717, 1.165) is 0 Å². The van der Waals surface area contributed by atoms with Crippen molar-refractivity contribution < 1.29 is 9.47 Å². The lowest BCUT2D eigenvalue weighted by atomic mass is 10.5. The summed E-state index contributed by atoms with van der Waals surface area (Å²) in [6.45, 7) is 2.43. The Kier molecular flexibility index (Phi) is 2.70. The van der Waals surface area contributed by atoms with E-state index in [1.54, 1.807) is 12.1 Å². The zero-order valence-corrected chi connectivity index (χ0v) is 7.67. The molecule has 0 amide bonds. The van der Waals surface area contributed by atoms with Crippen LogP contribution in [0.25, 0.3) is 0 Å². The highest BCUT2D eigenvalue weighted by Crippen LogP contribution is 2.19. The molecule has 1 rings (SSSR count). The maximum Gasteiger partial charge on any atom is 0.301 e. The van der Waals surface area contributed by atoms with Gasteiger partial charge in [0.25, 0.3) is 0 Å².